The fourth-order valence-electron chi connectivity index (χ4n) is 2.29. The van der Waals surface area contributed by atoms with Crippen LogP contribution in [-0.4, -0.2) is 24.6 Å². The lowest BCUT2D eigenvalue weighted by Gasteiger charge is -2.15. The lowest BCUT2D eigenvalue weighted by Crippen LogP contribution is -2.30. The Morgan fingerprint density at radius 1 is 1.08 bits per heavy atom. The van der Waals surface area contributed by atoms with Gasteiger partial charge in [0.25, 0.3) is 5.91 Å². The van der Waals surface area contributed by atoms with Crippen molar-refractivity contribution in [1.82, 2.24) is 0 Å². The van der Waals surface area contributed by atoms with E-state index in [1.807, 2.05) is 39.0 Å². The van der Waals surface area contributed by atoms with Crippen LogP contribution in [0.1, 0.15) is 41.8 Å². The molecule has 138 valence electrons. The van der Waals surface area contributed by atoms with Crippen molar-refractivity contribution in [2.75, 3.05) is 11.9 Å². The zero-order chi connectivity index (χ0) is 19.1. The molecule has 2 aromatic rings. The Hall–Kier alpha value is -2.82. The summed E-state index contributed by atoms with van der Waals surface area (Å²) in [6.07, 6.45) is 0.00929. The first-order chi connectivity index (χ1) is 12.4. The number of amides is 1. The van der Waals surface area contributed by atoms with E-state index >= 15 is 0 Å². The monoisotopic (exact) mass is 355 g/mol. The van der Waals surface area contributed by atoms with Gasteiger partial charge in [-0.15, -0.1) is 0 Å². The van der Waals surface area contributed by atoms with Crippen molar-refractivity contribution in [3.63, 3.8) is 0 Å². The highest BCUT2D eigenvalue weighted by atomic mass is 16.5. The molecule has 1 atom stereocenters. The van der Waals surface area contributed by atoms with Gasteiger partial charge in [-0.05, 0) is 68.7 Å². The van der Waals surface area contributed by atoms with Crippen LogP contribution < -0.4 is 10.1 Å². The Morgan fingerprint density at radius 2 is 1.77 bits per heavy atom. The summed E-state index contributed by atoms with van der Waals surface area (Å²) in [5.74, 6) is -0.213. The molecule has 0 saturated heterocycles. The number of rotatable bonds is 7. The largest absolute Gasteiger partial charge is 0.494 e. The molecule has 0 bridgehead atoms. The molecule has 26 heavy (non-hydrogen) atoms. The number of aryl methyl sites for hydroxylation is 2. The minimum Gasteiger partial charge on any atom is -0.494 e. The van der Waals surface area contributed by atoms with Crippen molar-refractivity contribution in [2.45, 2.75) is 40.2 Å². The highest BCUT2D eigenvalue weighted by molar-refractivity contribution is 5.97. The third-order valence-corrected chi connectivity index (χ3v) is 3.87. The van der Waals surface area contributed by atoms with Crippen LogP contribution in [0.25, 0.3) is 0 Å². The minimum atomic E-state index is -0.904. The van der Waals surface area contributed by atoms with Gasteiger partial charge < -0.3 is 14.8 Å². The standard InChI is InChI=1S/C21H25NO4/c1-5-12-25-18-10-8-17(9-11-18)21(24)26-16(4)20(23)22-19-13-14(2)6-7-15(19)3/h6-11,13,16H,5,12H2,1-4H3,(H,22,23)/t16-/m0/s1. The van der Waals surface area contributed by atoms with E-state index < -0.39 is 12.1 Å². The number of ether oxygens (including phenoxy) is 2. The molecule has 0 heterocycles. The second-order valence-electron chi connectivity index (χ2n) is 6.23. The maximum atomic E-state index is 12.3. The van der Waals surface area contributed by atoms with E-state index in [2.05, 4.69) is 5.32 Å². The van der Waals surface area contributed by atoms with E-state index in [1.165, 1.54) is 0 Å². The summed E-state index contributed by atoms with van der Waals surface area (Å²) >= 11 is 0. The third-order valence-electron chi connectivity index (χ3n) is 3.87. The van der Waals surface area contributed by atoms with Gasteiger partial charge in [0.05, 0.1) is 12.2 Å². The number of anilines is 1. The molecular weight excluding hydrogens is 330 g/mol. The molecule has 0 aliphatic heterocycles. The molecule has 2 rings (SSSR count). The molecule has 0 unspecified atom stereocenters. The van der Waals surface area contributed by atoms with Crippen LogP contribution in [-0.2, 0) is 9.53 Å². The van der Waals surface area contributed by atoms with Gasteiger partial charge in [-0.3, -0.25) is 4.79 Å². The van der Waals surface area contributed by atoms with Gasteiger partial charge in [0.1, 0.15) is 5.75 Å². The minimum absolute atomic E-state index is 0.366. The molecule has 1 amide bonds. The van der Waals surface area contributed by atoms with Crippen molar-refractivity contribution in [3.05, 3.63) is 59.2 Å². The maximum absolute atomic E-state index is 12.3. The first-order valence-corrected chi connectivity index (χ1v) is 8.72. The second kappa shape index (κ2) is 9.04. The van der Waals surface area contributed by atoms with Crippen LogP contribution in [0.5, 0.6) is 5.75 Å². The van der Waals surface area contributed by atoms with Crippen LogP contribution in [0, 0.1) is 13.8 Å². The van der Waals surface area contributed by atoms with Gasteiger partial charge in [0.15, 0.2) is 6.10 Å². The molecular formula is C21H25NO4. The molecule has 5 heteroatoms. The number of nitrogens with one attached hydrogen (secondary N) is 1. The van der Waals surface area contributed by atoms with Crippen LogP contribution in [0.2, 0.25) is 0 Å². The molecule has 0 fully saturated rings. The van der Waals surface area contributed by atoms with Crippen molar-refractivity contribution in [2.24, 2.45) is 0 Å². The molecule has 0 aliphatic carbocycles. The smallest absolute Gasteiger partial charge is 0.338 e. The van der Waals surface area contributed by atoms with Crippen LogP contribution in [0.4, 0.5) is 5.69 Å². The highest BCUT2D eigenvalue weighted by Crippen LogP contribution is 2.18. The zero-order valence-corrected chi connectivity index (χ0v) is 15.7. The average molecular weight is 355 g/mol. The van der Waals surface area contributed by atoms with Crippen molar-refractivity contribution < 1.29 is 19.1 Å². The summed E-state index contributed by atoms with van der Waals surface area (Å²) in [6, 6.07) is 12.5. The van der Waals surface area contributed by atoms with Gasteiger partial charge in [-0.25, -0.2) is 4.79 Å². The highest BCUT2D eigenvalue weighted by Gasteiger charge is 2.19. The zero-order valence-electron chi connectivity index (χ0n) is 15.7. The van der Waals surface area contributed by atoms with Gasteiger partial charge >= 0.3 is 5.97 Å². The number of carbonyl (C=O) groups is 2. The van der Waals surface area contributed by atoms with Gasteiger partial charge in [-0.1, -0.05) is 19.1 Å². The van der Waals surface area contributed by atoms with Crippen LogP contribution >= 0.6 is 0 Å². The van der Waals surface area contributed by atoms with Gasteiger partial charge in [0.2, 0.25) is 0 Å². The lowest BCUT2D eigenvalue weighted by atomic mass is 10.1. The Bertz CT molecular complexity index is 768. The molecule has 0 aromatic heterocycles. The Labute approximate surface area is 154 Å². The van der Waals surface area contributed by atoms with E-state index in [9.17, 15) is 9.59 Å². The van der Waals surface area contributed by atoms with E-state index in [1.54, 1.807) is 31.2 Å². The molecule has 0 spiro atoms. The van der Waals surface area contributed by atoms with Crippen molar-refractivity contribution >= 4 is 17.6 Å². The number of hydrogen-bond acceptors (Lipinski definition) is 4. The summed E-state index contributed by atoms with van der Waals surface area (Å²) < 4.78 is 10.7. The Morgan fingerprint density at radius 3 is 2.42 bits per heavy atom. The fraction of sp³-hybridized carbons (Fsp3) is 0.333. The quantitative estimate of drug-likeness (QED) is 0.753. The lowest BCUT2D eigenvalue weighted by molar-refractivity contribution is -0.123. The molecule has 2 aromatic carbocycles. The van der Waals surface area contributed by atoms with E-state index in [0.717, 1.165) is 23.2 Å². The first kappa shape index (κ1) is 19.5. The SMILES string of the molecule is CCCOc1ccc(C(=O)O[C@@H](C)C(=O)Nc2cc(C)ccc2C)cc1. The Kier molecular flexibility index (Phi) is 6.78. The molecule has 5 nitrogen and oxygen atoms in total. The Balaban J connectivity index is 1.95. The topological polar surface area (TPSA) is 64.6 Å². The second-order valence-corrected chi connectivity index (χ2v) is 6.23. The molecule has 0 radical (unpaired) electrons. The molecule has 0 saturated carbocycles. The van der Waals surface area contributed by atoms with Gasteiger partial charge in [0, 0.05) is 5.69 Å². The van der Waals surface area contributed by atoms with Crippen molar-refractivity contribution in [3.8, 4) is 5.75 Å². The van der Waals surface area contributed by atoms with Gasteiger partial charge in [-0.2, -0.15) is 0 Å². The van der Waals surface area contributed by atoms with Crippen LogP contribution in [0.3, 0.4) is 0 Å². The predicted molar refractivity (Wildman–Crippen MR) is 102 cm³/mol. The normalized spacial score (nSPS) is 11.5. The predicted octanol–water partition coefficient (Wildman–Crippen LogP) is 4.28. The first-order valence-electron chi connectivity index (χ1n) is 8.72. The summed E-state index contributed by atoms with van der Waals surface area (Å²) in [5.41, 5.74) is 3.08. The van der Waals surface area contributed by atoms with E-state index in [0.29, 0.717) is 17.9 Å². The van der Waals surface area contributed by atoms with Crippen molar-refractivity contribution in [1.29, 1.82) is 0 Å². The summed E-state index contributed by atoms with van der Waals surface area (Å²) in [5, 5.41) is 2.80. The maximum Gasteiger partial charge on any atom is 0.338 e. The number of esters is 1. The summed E-state index contributed by atoms with van der Waals surface area (Å²) in [4.78, 5) is 24.5. The molecule has 1 N–H and O–H groups in total. The fourth-order valence-corrected chi connectivity index (χ4v) is 2.29. The summed E-state index contributed by atoms with van der Waals surface area (Å²) in [6.45, 7) is 8.06. The van der Waals surface area contributed by atoms with Crippen LogP contribution in [0.15, 0.2) is 42.5 Å². The van der Waals surface area contributed by atoms with E-state index in [-0.39, 0.29) is 5.91 Å². The number of hydrogen-bond donors (Lipinski definition) is 1. The van der Waals surface area contributed by atoms with E-state index in [4.69, 9.17) is 9.47 Å². The number of carbonyl (C=O) groups excluding carboxylic acids is 2. The average Bonchev–Trinajstić information content (AvgIpc) is 2.63. The molecule has 0 aliphatic rings. The third kappa shape index (κ3) is 5.34. The number of benzene rings is 2. The summed E-state index contributed by atoms with van der Waals surface area (Å²) in [7, 11) is 0.